The minimum atomic E-state index is 0.104. The molecule has 17 heavy (non-hydrogen) atoms. The van der Waals surface area contributed by atoms with Crippen LogP contribution in [0.1, 0.15) is 38.5 Å². The van der Waals surface area contributed by atoms with Crippen molar-refractivity contribution in [1.29, 1.82) is 0 Å². The number of rotatable bonds is 1. The molecule has 3 nitrogen and oxygen atoms in total. The van der Waals surface area contributed by atoms with Crippen LogP contribution in [-0.4, -0.2) is 12.4 Å². The third-order valence-corrected chi connectivity index (χ3v) is 5.45. The van der Waals surface area contributed by atoms with Crippen molar-refractivity contribution >= 4 is 5.78 Å². The summed E-state index contributed by atoms with van der Waals surface area (Å²) in [4.78, 5) is 12.0. The molecule has 4 saturated carbocycles. The van der Waals surface area contributed by atoms with Crippen LogP contribution in [0.2, 0.25) is 0 Å². The van der Waals surface area contributed by atoms with Gasteiger partial charge >= 0.3 is 0 Å². The molecule has 0 aromatic rings. The van der Waals surface area contributed by atoms with Gasteiger partial charge in [0.15, 0.2) is 12.5 Å². The first-order valence-electron chi connectivity index (χ1n) is 6.82. The number of nitrogens with two attached hydrogens (primary N) is 1. The van der Waals surface area contributed by atoms with Crippen molar-refractivity contribution < 1.29 is 9.53 Å². The largest absolute Gasteiger partial charge is 0.471 e. The molecular formula is C14H19NO2. The summed E-state index contributed by atoms with van der Waals surface area (Å²) >= 11 is 0. The van der Waals surface area contributed by atoms with Crippen LogP contribution in [0, 0.1) is 23.2 Å². The van der Waals surface area contributed by atoms with E-state index in [1.807, 2.05) is 0 Å². The molecule has 4 bridgehead atoms. The lowest BCUT2D eigenvalue weighted by Crippen LogP contribution is -2.48. The summed E-state index contributed by atoms with van der Waals surface area (Å²) in [6.45, 7) is 0.183. The van der Waals surface area contributed by atoms with Gasteiger partial charge in [-0.1, -0.05) is 0 Å². The maximum atomic E-state index is 12.0. The second kappa shape index (κ2) is 3.06. The molecule has 5 aliphatic rings. The Morgan fingerprint density at radius 3 is 2.00 bits per heavy atom. The van der Waals surface area contributed by atoms with Gasteiger partial charge in [0.25, 0.3) is 0 Å². The molecule has 0 unspecified atom stereocenters. The zero-order valence-electron chi connectivity index (χ0n) is 10.1. The van der Waals surface area contributed by atoms with E-state index >= 15 is 0 Å². The third-order valence-electron chi connectivity index (χ3n) is 5.45. The molecule has 1 aliphatic heterocycles. The predicted molar refractivity (Wildman–Crippen MR) is 62.8 cm³/mol. The van der Waals surface area contributed by atoms with Crippen molar-refractivity contribution in [2.75, 3.05) is 6.61 Å². The van der Waals surface area contributed by atoms with Crippen LogP contribution in [0.4, 0.5) is 0 Å². The van der Waals surface area contributed by atoms with Gasteiger partial charge in [-0.2, -0.15) is 0 Å². The molecule has 0 aromatic heterocycles. The van der Waals surface area contributed by atoms with Crippen LogP contribution in [0.5, 0.6) is 0 Å². The molecule has 1 heterocycles. The Morgan fingerprint density at radius 2 is 1.59 bits per heavy atom. The third kappa shape index (κ3) is 1.25. The minimum Gasteiger partial charge on any atom is -0.471 e. The molecule has 0 spiro atoms. The zero-order chi connectivity index (χ0) is 11.6. The summed E-state index contributed by atoms with van der Waals surface area (Å²) in [5.74, 6) is 3.13. The Kier molecular flexibility index (Phi) is 1.80. The van der Waals surface area contributed by atoms with Crippen molar-refractivity contribution in [2.45, 2.75) is 38.5 Å². The maximum Gasteiger partial charge on any atom is 0.202 e. The van der Waals surface area contributed by atoms with E-state index in [4.69, 9.17) is 10.5 Å². The number of hydrogen-bond donors (Lipinski definition) is 1. The molecule has 4 aliphatic carbocycles. The first kappa shape index (κ1) is 9.98. The van der Waals surface area contributed by atoms with E-state index in [1.54, 1.807) is 0 Å². The normalized spacial score (nSPS) is 47.8. The summed E-state index contributed by atoms with van der Waals surface area (Å²) < 4.78 is 5.28. The van der Waals surface area contributed by atoms with Gasteiger partial charge in [0.2, 0.25) is 5.78 Å². The summed E-state index contributed by atoms with van der Waals surface area (Å²) in [5, 5.41) is 0. The van der Waals surface area contributed by atoms with Crippen LogP contribution >= 0.6 is 0 Å². The van der Waals surface area contributed by atoms with Crippen molar-refractivity contribution in [1.82, 2.24) is 0 Å². The number of ether oxygens (including phenoxy) is 1. The average Bonchev–Trinajstić information content (AvgIpc) is 2.56. The SMILES string of the molecule is NC1=C(C23CC4CC(CC(C4)C2)C3)C(=O)CO1. The molecule has 3 heteroatoms. The Labute approximate surface area is 101 Å². The lowest BCUT2D eigenvalue weighted by Gasteiger charge is -2.56. The first-order chi connectivity index (χ1) is 8.16. The molecule has 0 aromatic carbocycles. The van der Waals surface area contributed by atoms with Crippen molar-refractivity contribution in [2.24, 2.45) is 28.9 Å². The number of ketones is 1. The van der Waals surface area contributed by atoms with Gasteiger partial charge in [0.05, 0.1) is 5.57 Å². The van der Waals surface area contributed by atoms with Gasteiger partial charge in [-0.05, 0) is 56.3 Å². The predicted octanol–water partition coefficient (Wildman–Crippen LogP) is 1.97. The summed E-state index contributed by atoms with van der Waals surface area (Å²) in [6.07, 6.45) is 7.73. The highest BCUT2D eigenvalue weighted by Crippen LogP contribution is 2.63. The van der Waals surface area contributed by atoms with Crippen molar-refractivity contribution in [3.8, 4) is 0 Å². The van der Waals surface area contributed by atoms with Crippen LogP contribution in [0.3, 0.4) is 0 Å². The molecule has 0 amide bonds. The maximum absolute atomic E-state index is 12.0. The monoisotopic (exact) mass is 233 g/mol. The minimum absolute atomic E-state index is 0.104. The van der Waals surface area contributed by atoms with Crippen LogP contribution in [-0.2, 0) is 9.53 Å². The zero-order valence-corrected chi connectivity index (χ0v) is 10.1. The molecule has 5 rings (SSSR count). The smallest absolute Gasteiger partial charge is 0.202 e. The van der Waals surface area contributed by atoms with Crippen LogP contribution < -0.4 is 5.73 Å². The highest BCUT2D eigenvalue weighted by Gasteiger charge is 2.55. The average molecular weight is 233 g/mol. The van der Waals surface area contributed by atoms with E-state index in [0.29, 0.717) is 5.88 Å². The van der Waals surface area contributed by atoms with Crippen molar-refractivity contribution in [3.63, 3.8) is 0 Å². The first-order valence-corrected chi connectivity index (χ1v) is 6.82. The lowest BCUT2D eigenvalue weighted by atomic mass is 9.47. The molecule has 4 fully saturated rings. The summed E-state index contributed by atoms with van der Waals surface area (Å²) in [7, 11) is 0. The number of carbonyl (C=O) groups excluding carboxylic acids is 1. The van der Waals surface area contributed by atoms with E-state index in [1.165, 1.54) is 38.5 Å². The van der Waals surface area contributed by atoms with E-state index in [-0.39, 0.29) is 17.8 Å². The van der Waals surface area contributed by atoms with Gasteiger partial charge in [-0.15, -0.1) is 0 Å². The lowest BCUT2D eigenvalue weighted by molar-refractivity contribution is -0.119. The van der Waals surface area contributed by atoms with E-state index in [0.717, 1.165) is 23.3 Å². The fraction of sp³-hybridized carbons (Fsp3) is 0.786. The molecule has 2 N–H and O–H groups in total. The van der Waals surface area contributed by atoms with E-state index in [2.05, 4.69) is 0 Å². The second-order valence-electron chi connectivity index (χ2n) is 6.65. The van der Waals surface area contributed by atoms with Crippen LogP contribution in [0.15, 0.2) is 11.5 Å². The standard InChI is InChI=1S/C14H19NO2/c15-13-12(11(16)7-17-13)14-4-8-1-9(5-14)3-10(2-8)6-14/h8-10H,1-7,15H2. The fourth-order valence-electron chi connectivity index (χ4n) is 5.40. The summed E-state index contributed by atoms with van der Waals surface area (Å²) in [5.41, 5.74) is 6.90. The van der Waals surface area contributed by atoms with Crippen LogP contribution in [0.25, 0.3) is 0 Å². The molecule has 0 atom stereocenters. The Balaban J connectivity index is 1.78. The van der Waals surface area contributed by atoms with E-state index < -0.39 is 0 Å². The van der Waals surface area contributed by atoms with Gasteiger partial charge in [-0.3, -0.25) is 4.79 Å². The number of hydrogen-bond acceptors (Lipinski definition) is 3. The number of Topliss-reactive ketones (excluding diaryl/α,β-unsaturated/α-hetero) is 1. The number of carbonyl (C=O) groups is 1. The van der Waals surface area contributed by atoms with Gasteiger partial charge in [-0.25, -0.2) is 0 Å². The van der Waals surface area contributed by atoms with Gasteiger partial charge < -0.3 is 10.5 Å². The van der Waals surface area contributed by atoms with E-state index in [9.17, 15) is 4.79 Å². The Hall–Kier alpha value is -0.990. The van der Waals surface area contributed by atoms with Gasteiger partial charge in [0, 0.05) is 5.41 Å². The highest BCUT2D eigenvalue weighted by atomic mass is 16.5. The topological polar surface area (TPSA) is 52.3 Å². The highest BCUT2D eigenvalue weighted by molar-refractivity contribution is 5.99. The second-order valence-corrected chi connectivity index (χ2v) is 6.65. The Bertz CT molecular complexity index is 389. The summed E-state index contributed by atoms with van der Waals surface area (Å²) in [6, 6.07) is 0. The molecule has 0 saturated heterocycles. The fourth-order valence-corrected chi connectivity index (χ4v) is 5.40. The van der Waals surface area contributed by atoms with Crippen molar-refractivity contribution in [3.05, 3.63) is 11.5 Å². The quantitative estimate of drug-likeness (QED) is 0.753. The molecule has 92 valence electrons. The molecular weight excluding hydrogens is 214 g/mol. The molecule has 0 radical (unpaired) electrons. The van der Waals surface area contributed by atoms with Gasteiger partial charge in [0.1, 0.15) is 0 Å². The Morgan fingerprint density at radius 1 is 1.06 bits per heavy atom.